The van der Waals surface area contributed by atoms with Gasteiger partial charge in [-0.25, -0.2) is 4.79 Å². The van der Waals surface area contributed by atoms with Gasteiger partial charge in [-0.2, -0.15) is 0 Å². The minimum Gasteiger partial charge on any atom is -0.481 e. The molecule has 8 nitrogen and oxygen atoms in total. The van der Waals surface area contributed by atoms with E-state index in [1.165, 1.54) is 0 Å². The van der Waals surface area contributed by atoms with Crippen LogP contribution in [0.1, 0.15) is 36.8 Å². The second-order valence-corrected chi connectivity index (χ2v) is 7.85. The molecule has 0 fully saturated rings. The molecule has 0 heterocycles. The molecule has 2 amide bonds. The van der Waals surface area contributed by atoms with Gasteiger partial charge in [0.1, 0.15) is 12.6 Å². The van der Waals surface area contributed by atoms with Crippen molar-refractivity contribution >= 4 is 18.0 Å². The van der Waals surface area contributed by atoms with Crippen molar-refractivity contribution in [1.82, 2.24) is 10.6 Å². The van der Waals surface area contributed by atoms with Crippen LogP contribution in [0.2, 0.25) is 0 Å². The van der Waals surface area contributed by atoms with Gasteiger partial charge < -0.3 is 25.2 Å². The Morgan fingerprint density at radius 2 is 1.71 bits per heavy atom. The van der Waals surface area contributed by atoms with Crippen LogP contribution in [0.15, 0.2) is 48.5 Å². The highest BCUT2D eigenvalue weighted by atomic mass is 16.5. The third kappa shape index (κ3) is 6.15. The first-order valence-electron chi connectivity index (χ1n) is 11.1. The third-order valence-electron chi connectivity index (χ3n) is 5.58. The fourth-order valence-electron chi connectivity index (χ4n) is 4.07. The Morgan fingerprint density at radius 1 is 1.09 bits per heavy atom. The van der Waals surface area contributed by atoms with E-state index in [1.807, 2.05) is 48.5 Å². The second-order valence-electron chi connectivity index (χ2n) is 7.85. The van der Waals surface area contributed by atoms with Crippen LogP contribution in [-0.4, -0.2) is 55.0 Å². The lowest BCUT2D eigenvalue weighted by Crippen LogP contribution is -2.48. The van der Waals surface area contributed by atoms with Crippen LogP contribution in [0.5, 0.6) is 0 Å². The second kappa shape index (κ2) is 11.9. The van der Waals surface area contributed by atoms with Gasteiger partial charge in [0.05, 0.1) is 12.5 Å². The first-order chi connectivity index (χ1) is 16.4. The summed E-state index contributed by atoms with van der Waals surface area (Å²) in [5.74, 6) is 0.678. The average molecular weight is 465 g/mol. The number of hydrogen-bond acceptors (Lipinski definition) is 5. The molecule has 2 unspecified atom stereocenters. The van der Waals surface area contributed by atoms with Gasteiger partial charge in [-0.05, 0) is 29.2 Å². The molecular weight excluding hydrogens is 436 g/mol. The molecular formula is C26H28N2O6. The molecule has 2 aromatic carbocycles. The van der Waals surface area contributed by atoms with Crippen LogP contribution in [0.4, 0.5) is 4.79 Å². The van der Waals surface area contributed by atoms with Gasteiger partial charge in [-0.15, -0.1) is 12.3 Å². The molecule has 0 saturated carbocycles. The molecule has 3 N–H and O–H groups in total. The summed E-state index contributed by atoms with van der Waals surface area (Å²) in [7, 11) is 0. The van der Waals surface area contributed by atoms with Crippen LogP contribution >= 0.6 is 0 Å². The average Bonchev–Trinajstić information content (AvgIpc) is 3.14. The van der Waals surface area contributed by atoms with Gasteiger partial charge in [0.25, 0.3) is 0 Å². The van der Waals surface area contributed by atoms with Crippen molar-refractivity contribution in [3.05, 3.63) is 59.7 Å². The monoisotopic (exact) mass is 464 g/mol. The summed E-state index contributed by atoms with van der Waals surface area (Å²) in [6.45, 7) is 2.12. The highest BCUT2D eigenvalue weighted by Crippen LogP contribution is 2.44. The largest absolute Gasteiger partial charge is 0.481 e. The number of fused-ring (bicyclic) bond motifs is 3. The number of terminal acetylenes is 1. The number of carbonyl (C=O) groups excluding carboxylic acids is 2. The van der Waals surface area contributed by atoms with E-state index in [0.717, 1.165) is 22.3 Å². The quantitative estimate of drug-likeness (QED) is 0.441. The number of ether oxygens (including phenoxy) is 2. The van der Waals surface area contributed by atoms with Crippen molar-refractivity contribution in [2.75, 3.05) is 19.8 Å². The SMILES string of the molecule is C#CCC(NC(=O)OCC1c2ccccc2-c2ccccc21)C(=O)NCC(CC(=O)O)OCC. The maximum atomic E-state index is 12.6. The topological polar surface area (TPSA) is 114 Å². The lowest BCUT2D eigenvalue weighted by molar-refractivity contribution is -0.140. The number of carboxylic acid groups (broad SMARTS) is 1. The molecule has 0 saturated heterocycles. The Bertz CT molecular complexity index is 1030. The van der Waals surface area contributed by atoms with Gasteiger partial charge in [0.15, 0.2) is 0 Å². The Hall–Kier alpha value is -3.83. The molecule has 1 aliphatic rings. The fraction of sp³-hybridized carbons (Fsp3) is 0.346. The zero-order valence-corrected chi connectivity index (χ0v) is 19.0. The number of carbonyl (C=O) groups is 3. The van der Waals surface area contributed by atoms with Crippen molar-refractivity contribution < 1.29 is 29.0 Å². The van der Waals surface area contributed by atoms with Crippen molar-refractivity contribution in [3.63, 3.8) is 0 Å². The van der Waals surface area contributed by atoms with Crippen molar-refractivity contribution in [2.45, 2.75) is 37.8 Å². The molecule has 8 heteroatoms. The van der Waals surface area contributed by atoms with Crippen molar-refractivity contribution in [2.24, 2.45) is 0 Å². The van der Waals surface area contributed by atoms with E-state index in [4.69, 9.17) is 21.0 Å². The maximum absolute atomic E-state index is 12.6. The van der Waals surface area contributed by atoms with E-state index in [1.54, 1.807) is 6.92 Å². The number of rotatable bonds is 11. The standard InChI is InChI=1S/C26H28N2O6/c1-3-9-23(25(31)27-15-17(33-4-2)14-24(29)30)28-26(32)34-16-22-20-12-7-5-10-18(20)19-11-6-8-13-21(19)22/h1,5-8,10-13,17,22-23H,4,9,14-16H2,2H3,(H,27,31)(H,28,32)(H,29,30). The summed E-state index contributed by atoms with van der Waals surface area (Å²) in [5.41, 5.74) is 4.38. The van der Waals surface area contributed by atoms with Gasteiger partial charge in [-0.1, -0.05) is 48.5 Å². The zero-order valence-electron chi connectivity index (χ0n) is 19.0. The van der Waals surface area contributed by atoms with Crippen LogP contribution in [0.25, 0.3) is 11.1 Å². The summed E-state index contributed by atoms with van der Waals surface area (Å²) >= 11 is 0. The summed E-state index contributed by atoms with van der Waals surface area (Å²) in [6, 6.07) is 14.9. The van der Waals surface area contributed by atoms with E-state index in [9.17, 15) is 14.4 Å². The maximum Gasteiger partial charge on any atom is 0.407 e. The summed E-state index contributed by atoms with van der Waals surface area (Å²) < 4.78 is 10.8. The molecule has 2 atom stereocenters. The predicted molar refractivity (Wildman–Crippen MR) is 126 cm³/mol. The summed E-state index contributed by atoms with van der Waals surface area (Å²) in [5, 5.41) is 14.1. The van der Waals surface area contributed by atoms with Gasteiger partial charge in [0, 0.05) is 25.5 Å². The summed E-state index contributed by atoms with van der Waals surface area (Å²) in [4.78, 5) is 36.0. The molecule has 0 aromatic heterocycles. The third-order valence-corrected chi connectivity index (χ3v) is 5.58. The lowest BCUT2D eigenvalue weighted by atomic mass is 9.98. The number of alkyl carbamates (subject to hydrolysis) is 1. The highest BCUT2D eigenvalue weighted by Gasteiger charge is 2.30. The fourth-order valence-corrected chi connectivity index (χ4v) is 4.07. The highest BCUT2D eigenvalue weighted by molar-refractivity contribution is 5.86. The van der Waals surface area contributed by atoms with Crippen molar-refractivity contribution in [3.8, 4) is 23.5 Å². The van der Waals surface area contributed by atoms with Crippen molar-refractivity contribution in [1.29, 1.82) is 0 Å². The minimum atomic E-state index is -1.04. The Morgan fingerprint density at radius 3 is 2.26 bits per heavy atom. The number of hydrogen-bond donors (Lipinski definition) is 3. The molecule has 3 rings (SSSR count). The van der Waals surface area contributed by atoms with Crippen LogP contribution in [0.3, 0.4) is 0 Å². The summed E-state index contributed by atoms with van der Waals surface area (Å²) in [6.07, 6.45) is 3.62. The molecule has 0 aliphatic heterocycles. The normalized spacial score (nSPS) is 13.6. The molecule has 0 spiro atoms. The minimum absolute atomic E-state index is 0.0214. The molecule has 178 valence electrons. The molecule has 0 radical (unpaired) electrons. The Kier molecular flexibility index (Phi) is 8.66. The predicted octanol–water partition coefficient (Wildman–Crippen LogP) is 2.91. The number of nitrogens with one attached hydrogen (secondary N) is 2. The molecule has 2 aromatic rings. The van der Waals surface area contributed by atoms with Crippen LogP contribution < -0.4 is 10.6 Å². The number of amides is 2. The number of carboxylic acids is 1. The van der Waals surface area contributed by atoms with E-state index in [0.29, 0.717) is 6.61 Å². The zero-order chi connectivity index (χ0) is 24.5. The first kappa shape index (κ1) is 24.8. The Balaban J connectivity index is 1.58. The van der Waals surface area contributed by atoms with Crippen LogP contribution in [0, 0.1) is 12.3 Å². The molecule has 1 aliphatic carbocycles. The van der Waals surface area contributed by atoms with Crippen LogP contribution in [-0.2, 0) is 19.1 Å². The smallest absolute Gasteiger partial charge is 0.407 e. The molecule has 0 bridgehead atoms. The van der Waals surface area contributed by atoms with Gasteiger partial charge in [-0.3, -0.25) is 9.59 Å². The van der Waals surface area contributed by atoms with E-state index >= 15 is 0 Å². The Labute approximate surface area is 198 Å². The van der Waals surface area contributed by atoms with Gasteiger partial charge in [0.2, 0.25) is 5.91 Å². The number of benzene rings is 2. The lowest BCUT2D eigenvalue weighted by Gasteiger charge is -2.20. The molecule has 34 heavy (non-hydrogen) atoms. The number of aliphatic carboxylic acids is 1. The van der Waals surface area contributed by atoms with E-state index in [2.05, 4.69) is 16.6 Å². The van der Waals surface area contributed by atoms with Gasteiger partial charge >= 0.3 is 12.1 Å². The van der Waals surface area contributed by atoms with E-state index in [-0.39, 0.29) is 31.9 Å². The first-order valence-corrected chi connectivity index (χ1v) is 11.1. The van der Waals surface area contributed by atoms with E-state index < -0.39 is 30.1 Å².